The van der Waals surface area contributed by atoms with E-state index in [4.69, 9.17) is 9.84 Å². The monoisotopic (exact) mass is 195 g/mol. The molecule has 0 atom stereocenters. The van der Waals surface area contributed by atoms with Crippen LogP contribution in [0.4, 0.5) is 5.69 Å². The highest BCUT2D eigenvalue weighted by Gasteiger charge is 1.98. The average molecular weight is 195 g/mol. The quantitative estimate of drug-likeness (QED) is 0.679. The molecule has 0 aliphatic heterocycles. The van der Waals surface area contributed by atoms with Gasteiger partial charge in [-0.3, -0.25) is 4.79 Å². The van der Waals surface area contributed by atoms with Crippen molar-refractivity contribution in [3.63, 3.8) is 0 Å². The third-order valence-electron chi connectivity index (χ3n) is 1.44. The summed E-state index contributed by atoms with van der Waals surface area (Å²) >= 11 is 0. The molecule has 1 amide bonds. The summed E-state index contributed by atoms with van der Waals surface area (Å²) in [5.74, 6) is -0.580. The van der Waals surface area contributed by atoms with Gasteiger partial charge in [-0.15, -0.1) is 0 Å². The van der Waals surface area contributed by atoms with Crippen molar-refractivity contribution in [3.8, 4) is 5.75 Å². The fourth-order valence-electron chi connectivity index (χ4n) is 0.860. The first-order valence-corrected chi connectivity index (χ1v) is 3.87. The van der Waals surface area contributed by atoms with E-state index in [-0.39, 0.29) is 6.61 Å². The van der Waals surface area contributed by atoms with Gasteiger partial charge in [0.05, 0.1) is 0 Å². The number of aliphatic carboxylic acids is 1. The van der Waals surface area contributed by atoms with Crippen molar-refractivity contribution in [2.45, 2.75) is 0 Å². The maximum atomic E-state index is 10.2. The van der Waals surface area contributed by atoms with Gasteiger partial charge < -0.3 is 15.2 Å². The van der Waals surface area contributed by atoms with E-state index in [2.05, 4.69) is 5.32 Å². The van der Waals surface area contributed by atoms with E-state index in [1.54, 1.807) is 24.3 Å². The number of hydrogen-bond donors (Lipinski definition) is 2. The number of carboxylic acids is 1. The molecule has 0 bridgehead atoms. The van der Waals surface area contributed by atoms with Crippen LogP contribution in [0.25, 0.3) is 0 Å². The second-order valence-corrected chi connectivity index (χ2v) is 2.47. The SMILES string of the molecule is O=CNc1ccc(OCC(=O)O)cc1. The topological polar surface area (TPSA) is 75.6 Å². The third-order valence-corrected chi connectivity index (χ3v) is 1.44. The number of amides is 1. The van der Waals surface area contributed by atoms with E-state index in [1.807, 2.05) is 0 Å². The first-order valence-electron chi connectivity index (χ1n) is 3.87. The average Bonchev–Trinajstić information content (AvgIpc) is 2.17. The lowest BCUT2D eigenvalue weighted by molar-refractivity contribution is -0.139. The van der Waals surface area contributed by atoms with Crippen LogP contribution < -0.4 is 10.1 Å². The normalized spacial score (nSPS) is 9.14. The number of ether oxygens (including phenoxy) is 1. The molecule has 0 fully saturated rings. The molecule has 0 spiro atoms. The van der Waals surface area contributed by atoms with Crippen LogP contribution in [-0.4, -0.2) is 24.1 Å². The summed E-state index contributed by atoms with van der Waals surface area (Å²) in [7, 11) is 0. The van der Waals surface area contributed by atoms with Crippen molar-refractivity contribution in [2.75, 3.05) is 11.9 Å². The third kappa shape index (κ3) is 3.14. The van der Waals surface area contributed by atoms with Gasteiger partial charge in [-0.2, -0.15) is 0 Å². The molecule has 0 saturated carbocycles. The number of carbonyl (C=O) groups is 2. The maximum Gasteiger partial charge on any atom is 0.341 e. The van der Waals surface area contributed by atoms with Gasteiger partial charge >= 0.3 is 5.97 Å². The summed E-state index contributed by atoms with van der Waals surface area (Å²) in [5.41, 5.74) is 0.627. The van der Waals surface area contributed by atoms with Crippen LogP contribution in [0.15, 0.2) is 24.3 Å². The second kappa shape index (κ2) is 4.86. The molecule has 0 radical (unpaired) electrons. The Kier molecular flexibility index (Phi) is 3.49. The predicted octanol–water partition coefficient (Wildman–Crippen LogP) is 0.718. The molecular formula is C9H9NO4. The van der Waals surface area contributed by atoms with Crippen LogP contribution in [0.3, 0.4) is 0 Å². The molecule has 74 valence electrons. The van der Waals surface area contributed by atoms with Crippen LogP contribution in [0.1, 0.15) is 0 Å². The summed E-state index contributed by atoms with van der Waals surface area (Å²) in [5, 5.41) is 10.8. The van der Waals surface area contributed by atoms with Crippen LogP contribution in [-0.2, 0) is 9.59 Å². The first-order chi connectivity index (χ1) is 6.72. The first kappa shape index (κ1) is 10.0. The molecular weight excluding hydrogens is 186 g/mol. The molecule has 1 aromatic carbocycles. The highest BCUT2D eigenvalue weighted by atomic mass is 16.5. The summed E-state index contributed by atoms with van der Waals surface area (Å²) in [4.78, 5) is 20.2. The molecule has 1 aromatic rings. The summed E-state index contributed by atoms with van der Waals surface area (Å²) in [6.07, 6.45) is 0.563. The fourth-order valence-corrected chi connectivity index (χ4v) is 0.860. The molecule has 0 aliphatic rings. The van der Waals surface area contributed by atoms with Crippen molar-refractivity contribution in [1.82, 2.24) is 0 Å². The Morgan fingerprint density at radius 1 is 1.43 bits per heavy atom. The number of carbonyl (C=O) groups excluding carboxylic acids is 1. The smallest absolute Gasteiger partial charge is 0.341 e. The number of anilines is 1. The Bertz CT molecular complexity index is 320. The molecule has 0 unspecified atom stereocenters. The van der Waals surface area contributed by atoms with Crippen LogP contribution in [0, 0.1) is 0 Å². The molecule has 5 heteroatoms. The van der Waals surface area contributed by atoms with Gasteiger partial charge in [-0.25, -0.2) is 4.79 Å². The summed E-state index contributed by atoms with van der Waals surface area (Å²) < 4.78 is 4.88. The number of carboxylic acid groups (broad SMARTS) is 1. The molecule has 2 N–H and O–H groups in total. The zero-order valence-electron chi connectivity index (χ0n) is 7.27. The van der Waals surface area contributed by atoms with E-state index >= 15 is 0 Å². The van der Waals surface area contributed by atoms with Crippen molar-refractivity contribution >= 4 is 18.1 Å². The zero-order chi connectivity index (χ0) is 10.4. The Morgan fingerprint density at radius 3 is 2.57 bits per heavy atom. The second-order valence-electron chi connectivity index (χ2n) is 2.47. The lowest BCUT2D eigenvalue weighted by Crippen LogP contribution is -2.09. The van der Waals surface area contributed by atoms with Gasteiger partial charge in [0.2, 0.25) is 6.41 Å². The maximum absolute atomic E-state index is 10.2. The molecule has 14 heavy (non-hydrogen) atoms. The Morgan fingerprint density at radius 2 is 2.07 bits per heavy atom. The van der Waals surface area contributed by atoms with Crippen LogP contribution in [0.2, 0.25) is 0 Å². The van der Waals surface area contributed by atoms with Crippen molar-refractivity contribution in [3.05, 3.63) is 24.3 Å². The minimum absolute atomic E-state index is 0.375. The van der Waals surface area contributed by atoms with E-state index in [0.29, 0.717) is 17.8 Å². The number of hydrogen-bond acceptors (Lipinski definition) is 3. The van der Waals surface area contributed by atoms with E-state index in [9.17, 15) is 9.59 Å². The van der Waals surface area contributed by atoms with Gasteiger partial charge in [-0.1, -0.05) is 0 Å². The lowest BCUT2D eigenvalue weighted by Gasteiger charge is -2.03. The van der Waals surface area contributed by atoms with Gasteiger partial charge in [-0.05, 0) is 24.3 Å². The molecule has 0 aliphatic carbocycles. The van der Waals surface area contributed by atoms with Crippen molar-refractivity contribution in [1.29, 1.82) is 0 Å². The molecule has 0 saturated heterocycles. The zero-order valence-corrected chi connectivity index (χ0v) is 7.27. The molecule has 0 heterocycles. The Hall–Kier alpha value is -2.04. The van der Waals surface area contributed by atoms with Gasteiger partial charge in [0.15, 0.2) is 6.61 Å². The van der Waals surface area contributed by atoms with Gasteiger partial charge in [0.25, 0.3) is 0 Å². The van der Waals surface area contributed by atoms with Crippen LogP contribution >= 0.6 is 0 Å². The van der Waals surface area contributed by atoms with Crippen molar-refractivity contribution in [2.24, 2.45) is 0 Å². The number of nitrogens with one attached hydrogen (secondary N) is 1. The minimum atomic E-state index is -1.03. The van der Waals surface area contributed by atoms with E-state index in [0.717, 1.165) is 0 Å². The predicted molar refractivity (Wildman–Crippen MR) is 49.3 cm³/mol. The summed E-state index contributed by atoms with van der Waals surface area (Å²) in [6, 6.07) is 6.39. The highest BCUT2D eigenvalue weighted by molar-refractivity contribution is 5.71. The fraction of sp³-hybridized carbons (Fsp3) is 0.111. The van der Waals surface area contributed by atoms with Gasteiger partial charge in [0, 0.05) is 5.69 Å². The Balaban J connectivity index is 2.54. The summed E-state index contributed by atoms with van der Waals surface area (Å²) in [6.45, 7) is -0.375. The molecule has 0 aromatic heterocycles. The number of rotatable bonds is 5. The number of benzene rings is 1. The lowest BCUT2D eigenvalue weighted by atomic mass is 10.3. The largest absolute Gasteiger partial charge is 0.482 e. The molecule has 5 nitrogen and oxygen atoms in total. The minimum Gasteiger partial charge on any atom is -0.482 e. The van der Waals surface area contributed by atoms with E-state index < -0.39 is 5.97 Å². The van der Waals surface area contributed by atoms with E-state index in [1.165, 1.54) is 0 Å². The highest BCUT2D eigenvalue weighted by Crippen LogP contribution is 2.14. The standard InChI is InChI=1S/C9H9NO4/c11-6-10-7-1-3-8(4-2-7)14-5-9(12)13/h1-4,6H,5H2,(H,10,11)(H,12,13). The van der Waals surface area contributed by atoms with Gasteiger partial charge in [0.1, 0.15) is 5.75 Å². The van der Waals surface area contributed by atoms with Crippen LogP contribution in [0.5, 0.6) is 5.75 Å². The Labute approximate surface area is 80.3 Å². The van der Waals surface area contributed by atoms with Crippen molar-refractivity contribution < 1.29 is 19.4 Å². The molecule has 1 rings (SSSR count).